The molecular weight excluding hydrogens is 332 g/mol. The molecule has 0 saturated carbocycles. The van der Waals surface area contributed by atoms with Gasteiger partial charge in [-0.25, -0.2) is 0 Å². The van der Waals surface area contributed by atoms with E-state index in [9.17, 15) is 4.79 Å². The molecule has 7 nitrogen and oxygen atoms in total. The Balaban J connectivity index is 1.79. The van der Waals surface area contributed by atoms with Crippen LogP contribution in [-0.4, -0.2) is 34.2 Å². The minimum Gasteiger partial charge on any atom is -0.381 e. The molecule has 0 bridgehead atoms. The first-order valence-electron chi connectivity index (χ1n) is 9.17. The Hall–Kier alpha value is -2.28. The van der Waals surface area contributed by atoms with E-state index < -0.39 is 0 Å². The summed E-state index contributed by atoms with van der Waals surface area (Å²) in [7, 11) is 0. The molecule has 0 spiro atoms. The number of carbonyl (C=O) groups excluding carboxylic acids is 1. The van der Waals surface area contributed by atoms with Gasteiger partial charge in [0.1, 0.15) is 6.04 Å². The van der Waals surface area contributed by atoms with Gasteiger partial charge in [0.25, 0.3) is 0 Å². The van der Waals surface area contributed by atoms with Crippen molar-refractivity contribution >= 4 is 5.91 Å². The van der Waals surface area contributed by atoms with Crippen molar-refractivity contribution in [1.82, 2.24) is 20.4 Å². The van der Waals surface area contributed by atoms with Crippen molar-refractivity contribution in [3.63, 3.8) is 0 Å². The number of ether oxygens (including phenoxy) is 1. The van der Waals surface area contributed by atoms with Gasteiger partial charge in [-0.1, -0.05) is 25.1 Å². The summed E-state index contributed by atoms with van der Waals surface area (Å²) in [6.45, 7) is 7.27. The number of rotatable bonds is 6. The van der Waals surface area contributed by atoms with E-state index in [2.05, 4.69) is 20.4 Å². The van der Waals surface area contributed by atoms with Crippen molar-refractivity contribution in [3.05, 3.63) is 41.8 Å². The van der Waals surface area contributed by atoms with Crippen LogP contribution >= 0.6 is 0 Å². The molecule has 140 valence electrons. The first-order chi connectivity index (χ1) is 12.6. The largest absolute Gasteiger partial charge is 0.381 e. The quantitative estimate of drug-likeness (QED) is 0.854. The highest BCUT2D eigenvalue weighted by Crippen LogP contribution is 2.31. The smallest absolute Gasteiger partial charge is 0.249 e. The molecule has 2 aromatic rings. The number of hydrogen-bond acceptors (Lipinski definition) is 6. The van der Waals surface area contributed by atoms with Crippen LogP contribution in [0.2, 0.25) is 0 Å². The molecule has 0 aliphatic carbocycles. The molecule has 2 unspecified atom stereocenters. The van der Waals surface area contributed by atoms with E-state index in [0.29, 0.717) is 24.9 Å². The van der Waals surface area contributed by atoms with Gasteiger partial charge in [-0.15, -0.1) is 0 Å². The molecule has 2 atom stereocenters. The first kappa shape index (κ1) is 18.5. The van der Waals surface area contributed by atoms with Crippen LogP contribution < -0.4 is 5.32 Å². The molecule has 1 N–H and O–H groups in total. The molecule has 1 saturated heterocycles. The van der Waals surface area contributed by atoms with Gasteiger partial charge in [0, 0.05) is 31.5 Å². The molecular formula is C19H26N4O3. The van der Waals surface area contributed by atoms with Gasteiger partial charge in [-0.05, 0) is 37.3 Å². The average Bonchev–Trinajstić information content (AvgIpc) is 3.17. The van der Waals surface area contributed by atoms with Crippen molar-refractivity contribution in [3.8, 4) is 0 Å². The lowest BCUT2D eigenvalue weighted by molar-refractivity contribution is -0.124. The molecule has 3 rings (SSSR count). The van der Waals surface area contributed by atoms with Crippen LogP contribution in [0.25, 0.3) is 0 Å². The highest BCUT2D eigenvalue weighted by atomic mass is 16.5. The van der Waals surface area contributed by atoms with Gasteiger partial charge < -0.3 is 14.6 Å². The fourth-order valence-electron chi connectivity index (χ4n) is 3.10. The third-order valence-electron chi connectivity index (χ3n) is 4.85. The Morgan fingerprint density at radius 3 is 2.65 bits per heavy atom. The predicted molar refractivity (Wildman–Crippen MR) is 95.5 cm³/mol. The Kier molecular flexibility index (Phi) is 5.98. The number of hydrogen-bond donors (Lipinski definition) is 1. The van der Waals surface area contributed by atoms with Crippen LogP contribution in [0.5, 0.6) is 0 Å². The summed E-state index contributed by atoms with van der Waals surface area (Å²) < 4.78 is 11.0. The molecule has 1 amide bonds. The lowest BCUT2D eigenvalue weighted by Gasteiger charge is -2.29. The highest BCUT2D eigenvalue weighted by Gasteiger charge is 2.33. The molecule has 3 heterocycles. The molecule has 1 aliphatic rings. The van der Waals surface area contributed by atoms with E-state index in [1.807, 2.05) is 32.9 Å². The second-order valence-corrected chi connectivity index (χ2v) is 7.09. The van der Waals surface area contributed by atoms with Crippen LogP contribution in [0.4, 0.5) is 0 Å². The van der Waals surface area contributed by atoms with Crippen LogP contribution in [0.15, 0.2) is 29.0 Å². The molecule has 26 heavy (non-hydrogen) atoms. The summed E-state index contributed by atoms with van der Waals surface area (Å²) >= 11 is 0. The predicted octanol–water partition coefficient (Wildman–Crippen LogP) is 2.98. The Morgan fingerprint density at radius 2 is 2.04 bits per heavy atom. The molecule has 0 aromatic carbocycles. The van der Waals surface area contributed by atoms with E-state index in [1.165, 1.54) is 0 Å². The zero-order chi connectivity index (χ0) is 18.5. The van der Waals surface area contributed by atoms with Crippen LogP contribution in [0.3, 0.4) is 0 Å². The summed E-state index contributed by atoms with van der Waals surface area (Å²) in [5.41, 5.74) is 0.879. The summed E-state index contributed by atoms with van der Waals surface area (Å²) in [4.78, 5) is 21.5. The number of nitrogens with one attached hydrogen (secondary N) is 1. The van der Waals surface area contributed by atoms with Gasteiger partial charge in [-0.2, -0.15) is 4.98 Å². The van der Waals surface area contributed by atoms with Crippen LogP contribution in [-0.2, 0) is 9.53 Å². The van der Waals surface area contributed by atoms with Crippen LogP contribution in [0.1, 0.15) is 68.8 Å². The summed E-state index contributed by atoms with van der Waals surface area (Å²) in [6, 6.07) is 3.44. The lowest BCUT2D eigenvalue weighted by atomic mass is 9.90. The molecule has 2 aromatic heterocycles. The van der Waals surface area contributed by atoms with Crippen molar-refractivity contribution < 1.29 is 14.1 Å². The van der Waals surface area contributed by atoms with Gasteiger partial charge in [0.15, 0.2) is 5.82 Å². The Bertz CT molecular complexity index is 711. The molecule has 0 radical (unpaired) electrons. The molecule has 7 heteroatoms. The number of nitrogens with zero attached hydrogens (tertiary/aromatic N) is 3. The third-order valence-corrected chi connectivity index (χ3v) is 4.85. The summed E-state index contributed by atoms with van der Waals surface area (Å²) in [5.74, 6) is 1.15. The second-order valence-electron chi connectivity index (χ2n) is 7.09. The van der Waals surface area contributed by atoms with Crippen LogP contribution in [0, 0.1) is 5.92 Å². The molecule has 1 aliphatic heterocycles. The minimum atomic E-state index is -0.307. The fourth-order valence-corrected chi connectivity index (χ4v) is 3.10. The summed E-state index contributed by atoms with van der Waals surface area (Å²) in [6.07, 6.45) is 5.12. The SMILES string of the molecule is CC(C)c1noc(C(NC(=O)C(C)c2cccnc2)C2CCOCC2)n1. The monoisotopic (exact) mass is 358 g/mol. The Labute approximate surface area is 153 Å². The van der Waals surface area contributed by atoms with Gasteiger partial charge in [0.2, 0.25) is 11.8 Å². The van der Waals surface area contributed by atoms with E-state index >= 15 is 0 Å². The normalized spacial score (nSPS) is 17.8. The second kappa shape index (κ2) is 8.40. The number of amides is 1. The summed E-state index contributed by atoms with van der Waals surface area (Å²) in [5, 5.41) is 7.20. The van der Waals surface area contributed by atoms with E-state index in [4.69, 9.17) is 9.26 Å². The Morgan fingerprint density at radius 1 is 1.27 bits per heavy atom. The fraction of sp³-hybridized carbons (Fsp3) is 0.579. The van der Waals surface area contributed by atoms with E-state index in [1.54, 1.807) is 12.4 Å². The zero-order valence-electron chi connectivity index (χ0n) is 15.5. The maximum atomic E-state index is 12.9. The first-order valence-corrected chi connectivity index (χ1v) is 9.17. The lowest BCUT2D eigenvalue weighted by Crippen LogP contribution is -2.38. The maximum absolute atomic E-state index is 12.9. The van der Waals surface area contributed by atoms with Gasteiger partial charge >= 0.3 is 0 Å². The van der Waals surface area contributed by atoms with Crippen molar-refractivity contribution in [2.75, 3.05) is 13.2 Å². The standard InChI is InChI=1S/C19H26N4O3/c1-12(2)17-22-19(26-23-17)16(14-6-9-25-10-7-14)21-18(24)13(3)15-5-4-8-20-11-15/h4-5,8,11-14,16H,6-7,9-10H2,1-3H3,(H,21,24). The highest BCUT2D eigenvalue weighted by molar-refractivity contribution is 5.83. The average molecular weight is 358 g/mol. The zero-order valence-corrected chi connectivity index (χ0v) is 15.5. The number of aromatic nitrogens is 3. The van der Waals surface area contributed by atoms with E-state index in [0.717, 1.165) is 18.4 Å². The number of carbonyl (C=O) groups is 1. The van der Waals surface area contributed by atoms with Crippen molar-refractivity contribution in [1.29, 1.82) is 0 Å². The minimum absolute atomic E-state index is 0.0706. The van der Waals surface area contributed by atoms with Gasteiger partial charge in [0.05, 0.1) is 5.92 Å². The topological polar surface area (TPSA) is 90.1 Å². The van der Waals surface area contributed by atoms with E-state index in [-0.39, 0.29) is 29.7 Å². The van der Waals surface area contributed by atoms with Gasteiger partial charge in [-0.3, -0.25) is 9.78 Å². The number of pyridine rings is 1. The third kappa shape index (κ3) is 4.27. The van der Waals surface area contributed by atoms with Crippen molar-refractivity contribution in [2.24, 2.45) is 5.92 Å². The van der Waals surface area contributed by atoms with Crippen molar-refractivity contribution in [2.45, 2.75) is 51.5 Å². The molecule has 1 fully saturated rings. The maximum Gasteiger partial charge on any atom is 0.249 e.